The summed E-state index contributed by atoms with van der Waals surface area (Å²) in [5, 5.41) is 2.67. The molecular weight excluding hydrogens is 316 g/mol. The van der Waals surface area contributed by atoms with Crippen molar-refractivity contribution in [2.45, 2.75) is 26.3 Å². The summed E-state index contributed by atoms with van der Waals surface area (Å²) in [4.78, 5) is 24.1. The number of nitrogens with one attached hydrogen (secondary N) is 1. The van der Waals surface area contributed by atoms with Crippen molar-refractivity contribution in [1.82, 2.24) is 5.32 Å². The molecule has 0 heterocycles. The van der Waals surface area contributed by atoms with Crippen molar-refractivity contribution < 1.29 is 14.3 Å². The van der Waals surface area contributed by atoms with Crippen LogP contribution in [0.4, 0.5) is 0 Å². The first-order valence-electron chi connectivity index (χ1n) is 8.35. The zero-order valence-corrected chi connectivity index (χ0v) is 14.6. The minimum Gasteiger partial charge on any atom is -0.494 e. The van der Waals surface area contributed by atoms with Crippen LogP contribution in [0.25, 0.3) is 0 Å². The fourth-order valence-electron chi connectivity index (χ4n) is 2.29. The van der Waals surface area contributed by atoms with E-state index >= 15 is 0 Å². The molecule has 5 heteroatoms. The van der Waals surface area contributed by atoms with Gasteiger partial charge in [-0.2, -0.15) is 0 Å². The summed E-state index contributed by atoms with van der Waals surface area (Å²) in [6.45, 7) is 4.92. The van der Waals surface area contributed by atoms with Crippen LogP contribution in [-0.2, 0) is 4.79 Å². The van der Waals surface area contributed by atoms with Gasteiger partial charge in [0.05, 0.1) is 6.61 Å². The van der Waals surface area contributed by atoms with E-state index in [9.17, 15) is 9.59 Å². The second-order valence-electron chi connectivity index (χ2n) is 6.27. The second kappa shape index (κ2) is 8.87. The van der Waals surface area contributed by atoms with E-state index in [-0.39, 0.29) is 5.91 Å². The highest BCUT2D eigenvalue weighted by molar-refractivity contribution is 5.97. The number of carbonyl (C=O) groups is 2. The summed E-state index contributed by atoms with van der Waals surface area (Å²) in [5.74, 6) is 0.329. The number of nitrogens with two attached hydrogens (primary N) is 1. The molecule has 1 atom stereocenters. The Morgan fingerprint density at radius 3 is 2.24 bits per heavy atom. The Morgan fingerprint density at radius 1 is 1.04 bits per heavy atom. The predicted molar refractivity (Wildman–Crippen MR) is 97.2 cm³/mol. The second-order valence-corrected chi connectivity index (χ2v) is 6.27. The van der Waals surface area contributed by atoms with Gasteiger partial charge in [-0.1, -0.05) is 44.2 Å². The lowest BCUT2D eigenvalue weighted by Gasteiger charge is -2.16. The zero-order chi connectivity index (χ0) is 18.2. The first-order valence-corrected chi connectivity index (χ1v) is 8.35. The normalized spacial score (nSPS) is 11.8. The Morgan fingerprint density at radius 2 is 1.68 bits per heavy atom. The van der Waals surface area contributed by atoms with Gasteiger partial charge >= 0.3 is 0 Å². The minimum atomic E-state index is -0.865. The van der Waals surface area contributed by atoms with Gasteiger partial charge < -0.3 is 15.8 Å². The number of benzene rings is 2. The van der Waals surface area contributed by atoms with E-state index in [4.69, 9.17) is 10.5 Å². The van der Waals surface area contributed by atoms with E-state index in [0.717, 1.165) is 6.42 Å². The smallest absolute Gasteiger partial charge is 0.252 e. The first-order chi connectivity index (χ1) is 12.0. The summed E-state index contributed by atoms with van der Waals surface area (Å²) < 4.78 is 5.63. The van der Waals surface area contributed by atoms with Crippen LogP contribution in [0, 0.1) is 5.92 Å². The van der Waals surface area contributed by atoms with Crippen molar-refractivity contribution in [3.63, 3.8) is 0 Å². The van der Waals surface area contributed by atoms with E-state index in [1.807, 2.05) is 6.07 Å². The third-order valence-electron chi connectivity index (χ3n) is 3.77. The minimum absolute atomic E-state index is 0.360. The molecule has 1 unspecified atom stereocenters. The highest BCUT2D eigenvalue weighted by atomic mass is 16.5. The lowest BCUT2D eigenvalue weighted by atomic mass is 10.1. The Hall–Kier alpha value is -2.82. The highest BCUT2D eigenvalue weighted by Gasteiger charge is 2.20. The molecule has 0 bridgehead atoms. The summed E-state index contributed by atoms with van der Waals surface area (Å²) >= 11 is 0. The van der Waals surface area contributed by atoms with Gasteiger partial charge in [0, 0.05) is 5.56 Å². The molecule has 5 nitrogen and oxygen atoms in total. The molecular formula is C20H24N2O3. The van der Waals surface area contributed by atoms with Crippen LogP contribution in [0.5, 0.6) is 5.75 Å². The van der Waals surface area contributed by atoms with Crippen molar-refractivity contribution in [2.75, 3.05) is 6.61 Å². The molecule has 0 aromatic heterocycles. The van der Waals surface area contributed by atoms with Crippen molar-refractivity contribution in [2.24, 2.45) is 11.7 Å². The van der Waals surface area contributed by atoms with E-state index in [0.29, 0.717) is 29.4 Å². The molecule has 0 spiro atoms. The van der Waals surface area contributed by atoms with E-state index < -0.39 is 11.9 Å². The molecule has 132 valence electrons. The predicted octanol–water partition coefficient (Wildman–Crippen LogP) is 3.07. The van der Waals surface area contributed by atoms with E-state index in [2.05, 4.69) is 19.2 Å². The highest BCUT2D eigenvalue weighted by Crippen LogP contribution is 2.16. The van der Waals surface area contributed by atoms with Gasteiger partial charge in [0.25, 0.3) is 5.91 Å². The maximum atomic E-state index is 12.4. The third kappa shape index (κ3) is 5.64. The molecule has 0 fully saturated rings. The van der Waals surface area contributed by atoms with Gasteiger partial charge in [-0.15, -0.1) is 0 Å². The molecule has 2 rings (SSSR count). The standard InChI is InChI=1S/C20H24N2O3/c1-14(2)12-13-25-17-10-8-16(9-11-17)20(24)22-18(19(21)23)15-6-4-3-5-7-15/h3-11,14,18H,12-13H2,1-2H3,(H2,21,23)(H,22,24). The van der Waals surface area contributed by atoms with E-state index in [1.54, 1.807) is 48.5 Å². The molecule has 0 radical (unpaired) electrons. The number of carbonyl (C=O) groups excluding carboxylic acids is 2. The average Bonchev–Trinajstić information content (AvgIpc) is 2.60. The van der Waals surface area contributed by atoms with Crippen LogP contribution >= 0.6 is 0 Å². The fraction of sp³-hybridized carbons (Fsp3) is 0.300. The van der Waals surface area contributed by atoms with Gasteiger partial charge in [-0.05, 0) is 42.2 Å². The summed E-state index contributed by atoms with van der Waals surface area (Å²) in [7, 11) is 0. The Bertz CT molecular complexity index is 697. The molecule has 25 heavy (non-hydrogen) atoms. The quantitative estimate of drug-likeness (QED) is 0.775. The average molecular weight is 340 g/mol. The van der Waals surface area contributed by atoms with Gasteiger partial charge in [0.2, 0.25) is 5.91 Å². The van der Waals surface area contributed by atoms with Crippen molar-refractivity contribution in [3.05, 3.63) is 65.7 Å². The first kappa shape index (κ1) is 18.5. The summed E-state index contributed by atoms with van der Waals surface area (Å²) in [6, 6.07) is 14.9. The van der Waals surface area contributed by atoms with Crippen LogP contribution < -0.4 is 15.8 Å². The van der Waals surface area contributed by atoms with Gasteiger partial charge in [-0.3, -0.25) is 9.59 Å². The molecule has 0 aliphatic rings. The number of rotatable bonds is 8. The maximum Gasteiger partial charge on any atom is 0.252 e. The summed E-state index contributed by atoms with van der Waals surface area (Å²) in [5.41, 5.74) is 6.52. The largest absolute Gasteiger partial charge is 0.494 e. The van der Waals surface area contributed by atoms with E-state index in [1.165, 1.54) is 0 Å². The van der Waals surface area contributed by atoms with Gasteiger partial charge in [0.1, 0.15) is 11.8 Å². The Kier molecular flexibility index (Phi) is 6.57. The lowest BCUT2D eigenvalue weighted by Crippen LogP contribution is -2.37. The summed E-state index contributed by atoms with van der Waals surface area (Å²) in [6.07, 6.45) is 0.972. The molecule has 0 aliphatic carbocycles. The maximum absolute atomic E-state index is 12.4. The van der Waals surface area contributed by atoms with Crippen molar-refractivity contribution >= 4 is 11.8 Å². The van der Waals surface area contributed by atoms with Gasteiger partial charge in [0.15, 0.2) is 0 Å². The van der Waals surface area contributed by atoms with Crippen LogP contribution in [0.2, 0.25) is 0 Å². The number of hydrogen-bond donors (Lipinski definition) is 2. The van der Waals surface area contributed by atoms with Crippen LogP contribution in [0.1, 0.15) is 42.2 Å². The zero-order valence-electron chi connectivity index (χ0n) is 14.6. The van der Waals surface area contributed by atoms with Crippen LogP contribution in [0.3, 0.4) is 0 Å². The third-order valence-corrected chi connectivity index (χ3v) is 3.77. The van der Waals surface area contributed by atoms with Crippen molar-refractivity contribution in [3.8, 4) is 5.75 Å². The lowest BCUT2D eigenvalue weighted by molar-refractivity contribution is -0.120. The van der Waals surface area contributed by atoms with Crippen LogP contribution in [0.15, 0.2) is 54.6 Å². The van der Waals surface area contributed by atoms with Crippen LogP contribution in [-0.4, -0.2) is 18.4 Å². The number of primary amides is 1. The molecule has 3 N–H and O–H groups in total. The molecule has 0 saturated carbocycles. The number of ether oxygens (including phenoxy) is 1. The molecule has 2 aromatic rings. The fourth-order valence-corrected chi connectivity index (χ4v) is 2.29. The Balaban J connectivity index is 2.00. The van der Waals surface area contributed by atoms with Gasteiger partial charge in [-0.25, -0.2) is 0 Å². The van der Waals surface area contributed by atoms with Crippen molar-refractivity contribution in [1.29, 1.82) is 0 Å². The topological polar surface area (TPSA) is 81.4 Å². The SMILES string of the molecule is CC(C)CCOc1ccc(C(=O)NC(C(N)=O)c2ccccc2)cc1. The molecule has 0 saturated heterocycles. The number of hydrogen-bond acceptors (Lipinski definition) is 3. The molecule has 2 aromatic carbocycles. The number of amides is 2. The monoisotopic (exact) mass is 340 g/mol. The molecule has 0 aliphatic heterocycles. The Labute approximate surface area is 148 Å². The molecule has 2 amide bonds.